The summed E-state index contributed by atoms with van der Waals surface area (Å²) in [7, 11) is 1.76. The molecule has 3 aliphatic rings. The van der Waals surface area contributed by atoms with E-state index in [0.717, 1.165) is 55.7 Å². The summed E-state index contributed by atoms with van der Waals surface area (Å²) in [5.41, 5.74) is 2.93. The van der Waals surface area contributed by atoms with Gasteiger partial charge < -0.3 is 25.0 Å². The topological polar surface area (TPSA) is 86.5 Å². The van der Waals surface area contributed by atoms with Crippen LogP contribution in [0.25, 0.3) is 0 Å². The van der Waals surface area contributed by atoms with Gasteiger partial charge >= 0.3 is 0 Å². The predicted octanol–water partition coefficient (Wildman–Crippen LogP) is 2.49. The minimum atomic E-state index is -0.973. The van der Waals surface area contributed by atoms with Crippen LogP contribution >= 0.6 is 0 Å². The molecule has 1 aromatic rings. The molecule has 0 aromatic carbocycles. The van der Waals surface area contributed by atoms with E-state index in [1.54, 1.807) is 11.9 Å². The Bertz CT molecular complexity index is 935. The van der Waals surface area contributed by atoms with E-state index in [-0.39, 0.29) is 23.2 Å². The maximum atomic E-state index is 14.0. The maximum Gasteiger partial charge on any atom is 0.292 e. The lowest BCUT2D eigenvalue weighted by molar-refractivity contribution is 0.0943. The maximum absolute atomic E-state index is 14.0. The Balaban J connectivity index is 1.38. The molecule has 4 rings (SSSR count). The zero-order valence-corrected chi connectivity index (χ0v) is 19.2. The van der Waals surface area contributed by atoms with Crippen LogP contribution < -0.4 is 10.6 Å². The first-order chi connectivity index (χ1) is 15.3. The third-order valence-electron chi connectivity index (χ3n) is 6.68. The Morgan fingerprint density at radius 1 is 1.50 bits per heavy atom. The highest BCUT2D eigenvalue weighted by molar-refractivity contribution is 5.90. The zero-order chi connectivity index (χ0) is 22.9. The molecular formula is C23H33FN6O2. The van der Waals surface area contributed by atoms with Crippen LogP contribution in [0.3, 0.4) is 0 Å². The summed E-state index contributed by atoms with van der Waals surface area (Å²) in [6, 6.07) is 0.0463. The van der Waals surface area contributed by atoms with Crippen molar-refractivity contribution < 1.29 is 13.7 Å². The van der Waals surface area contributed by atoms with E-state index in [1.165, 1.54) is 0 Å². The molecule has 2 fully saturated rings. The van der Waals surface area contributed by atoms with Crippen LogP contribution in [0.1, 0.15) is 56.0 Å². The van der Waals surface area contributed by atoms with Gasteiger partial charge in [0, 0.05) is 57.0 Å². The number of nitrogens with one attached hydrogen (secondary N) is 2. The lowest BCUT2D eigenvalue weighted by atomic mass is 10.00. The van der Waals surface area contributed by atoms with Crippen LogP contribution in [0, 0.1) is 0 Å². The molecule has 8 nitrogen and oxygen atoms in total. The Morgan fingerprint density at radius 2 is 2.28 bits per heavy atom. The molecule has 1 aliphatic carbocycles. The Morgan fingerprint density at radius 3 is 2.94 bits per heavy atom. The lowest BCUT2D eigenvalue weighted by Gasteiger charge is -2.39. The van der Waals surface area contributed by atoms with Crippen LogP contribution in [0.2, 0.25) is 0 Å². The van der Waals surface area contributed by atoms with Gasteiger partial charge in [-0.2, -0.15) is 4.98 Å². The highest BCUT2D eigenvalue weighted by Crippen LogP contribution is 2.46. The quantitative estimate of drug-likeness (QED) is 0.471. The Kier molecular flexibility index (Phi) is 6.37. The molecule has 0 bridgehead atoms. The van der Waals surface area contributed by atoms with E-state index in [2.05, 4.69) is 39.2 Å². The molecule has 1 aromatic heterocycles. The minimum absolute atomic E-state index is 0.0463. The number of rotatable bonds is 8. The third kappa shape index (κ3) is 4.72. The number of halogens is 1. The molecular weight excluding hydrogens is 411 g/mol. The van der Waals surface area contributed by atoms with Crippen molar-refractivity contribution in [2.24, 2.45) is 0 Å². The molecule has 0 spiro atoms. The smallest absolute Gasteiger partial charge is 0.292 e. The van der Waals surface area contributed by atoms with Gasteiger partial charge in [0.2, 0.25) is 5.89 Å². The number of aromatic nitrogens is 2. The SMILES string of the molecule is C=C(/C=C(\CC)CNC(=O)c1noc(C2(C)CC2)n1)C1CNCCN1C1=CN(C)C(F)C1. The van der Waals surface area contributed by atoms with Gasteiger partial charge in [-0.3, -0.25) is 4.79 Å². The summed E-state index contributed by atoms with van der Waals surface area (Å²) in [4.78, 5) is 20.6. The van der Waals surface area contributed by atoms with Crippen molar-refractivity contribution >= 4 is 5.91 Å². The van der Waals surface area contributed by atoms with E-state index >= 15 is 0 Å². The molecule has 2 atom stereocenters. The molecule has 9 heteroatoms. The van der Waals surface area contributed by atoms with Gasteiger partial charge in [0.05, 0.1) is 6.04 Å². The largest absolute Gasteiger partial charge is 0.364 e. The summed E-state index contributed by atoms with van der Waals surface area (Å²) in [6.07, 6.45) is 6.14. The number of hydrogen-bond acceptors (Lipinski definition) is 7. The van der Waals surface area contributed by atoms with Crippen molar-refractivity contribution in [2.75, 3.05) is 33.2 Å². The molecule has 1 saturated heterocycles. The summed E-state index contributed by atoms with van der Waals surface area (Å²) in [5.74, 6) is 0.265. The molecule has 3 heterocycles. The van der Waals surface area contributed by atoms with Crippen LogP contribution in [-0.2, 0) is 5.41 Å². The first-order valence-electron chi connectivity index (χ1n) is 11.4. The van der Waals surface area contributed by atoms with Crippen molar-refractivity contribution in [3.63, 3.8) is 0 Å². The number of carbonyl (C=O) groups excluding carboxylic acids is 1. The van der Waals surface area contributed by atoms with Crippen molar-refractivity contribution in [3.8, 4) is 0 Å². The predicted molar refractivity (Wildman–Crippen MR) is 119 cm³/mol. The zero-order valence-electron chi connectivity index (χ0n) is 19.2. The second kappa shape index (κ2) is 9.05. The van der Waals surface area contributed by atoms with Crippen molar-refractivity contribution in [2.45, 2.75) is 57.3 Å². The van der Waals surface area contributed by atoms with Gasteiger partial charge in [-0.15, -0.1) is 0 Å². The van der Waals surface area contributed by atoms with Crippen molar-refractivity contribution in [3.05, 3.63) is 47.4 Å². The molecule has 2 N–H and O–H groups in total. The van der Waals surface area contributed by atoms with E-state index in [4.69, 9.17) is 4.52 Å². The van der Waals surface area contributed by atoms with Gasteiger partial charge in [0.1, 0.15) is 0 Å². The standard InChI is InChI=1S/C23H33FN6O2/c1-5-16(12-26-21(31)20-27-22(32-28-20)23(3)6-7-23)10-15(2)18-13-25-8-9-30(18)17-11-19(24)29(4)14-17/h10,14,18-19,25H,2,5-9,11-13H2,1,3-4H3,(H,26,31)/b16-10+. The minimum Gasteiger partial charge on any atom is -0.364 e. The van der Waals surface area contributed by atoms with Crippen LogP contribution in [0.5, 0.6) is 0 Å². The second-order valence-corrected chi connectivity index (χ2v) is 9.24. The summed E-state index contributed by atoms with van der Waals surface area (Å²) in [5, 5.41) is 10.1. The van der Waals surface area contributed by atoms with Crippen LogP contribution in [0.4, 0.5) is 4.39 Å². The fraction of sp³-hybridized carbons (Fsp3) is 0.609. The summed E-state index contributed by atoms with van der Waals surface area (Å²) in [6.45, 7) is 11.2. The number of carbonyl (C=O) groups is 1. The average Bonchev–Trinajstić information content (AvgIpc) is 3.20. The third-order valence-corrected chi connectivity index (χ3v) is 6.68. The Labute approximate surface area is 188 Å². The van der Waals surface area contributed by atoms with Crippen molar-refractivity contribution in [1.82, 2.24) is 30.6 Å². The molecule has 32 heavy (non-hydrogen) atoms. The summed E-state index contributed by atoms with van der Waals surface area (Å²) < 4.78 is 19.3. The fourth-order valence-corrected chi connectivity index (χ4v) is 4.13. The van der Waals surface area contributed by atoms with E-state index < -0.39 is 6.30 Å². The molecule has 0 radical (unpaired) electrons. The molecule has 1 amide bonds. The number of hydrogen-bond donors (Lipinski definition) is 2. The molecule has 2 aliphatic heterocycles. The lowest BCUT2D eigenvalue weighted by Crippen LogP contribution is -2.51. The average molecular weight is 445 g/mol. The number of piperazine rings is 1. The van der Waals surface area contributed by atoms with E-state index in [1.807, 2.05) is 19.2 Å². The normalized spacial score (nSPS) is 25.0. The summed E-state index contributed by atoms with van der Waals surface area (Å²) >= 11 is 0. The van der Waals surface area contributed by atoms with Crippen molar-refractivity contribution in [1.29, 1.82) is 0 Å². The number of amides is 1. The molecule has 1 saturated carbocycles. The highest BCUT2D eigenvalue weighted by Gasteiger charge is 2.45. The van der Waals surface area contributed by atoms with E-state index in [9.17, 15) is 9.18 Å². The van der Waals surface area contributed by atoms with Crippen LogP contribution in [-0.4, -0.2) is 71.4 Å². The number of alkyl halides is 1. The number of nitrogens with zero attached hydrogens (tertiary/aromatic N) is 4. The van der Waals surface area contributed by atoms with Gasteiger partial charge in [-0.25, -0.2) is 4.39 Å². The first kappa shape index (κ1) is 22.5. The highest BCUT2D eigenvalue weighted by atomic mass is 19.1. The first-order valence-corrected chi connectivity index (χ1v) is 11.4. The molecule has 2 unspecified atom stereocenters. The van der Waals surface area contributed by atoms with Gasteiger partial charge in [-0.05, 0) is 24.8 Å². The van der Waals surface area contributed by atoms with Crippen LogP contribution in [0.15, 0.2) is 40.2 Å². The Hall–Kier alpha value is -2.68. The molecule has 174 valence electrons. The fourth-order valence-electron chi connectivity index (χ4n) is 4.13. The van der Waals surface area contributed by atoms with Gasteiger partial charge in [0.15, 0.2) is 6.30 Å². The monoisotopic (exact) mass is 444 g/mol. The second-order valence-electron chi connectivity index (χ2n) is 9.24. The van der Waals surface area contributed by atoms with Gasteiger partial charge in [0.25, 0.3) is 11.7 Å². The van der Waals surface area contributed by atoms with Gasteiger partial charge in [-0.1, -0.05) is 37.2 Å². The van der Waals surface area contributed by atoms with E-state index in [0.29, 0.717) is 18.9 Å².